The summed E-state index contributed by atoms with van der Waals surface area (Å²) < 4.78 is 2.86. The van der Waals surface area contributed by atoms with Gasteiger partial charge in [-0.1, -0.05) is 31.9 Å². The van der Waals surface area contributed by atoms with E-state index in [1.807, 2.05) is 24.3 Å². The van der Waals surface area contributed by atoms with Crippen LogP contribution in [0.3, 0.4) is 0 Å². The van der Waals surface area contributed by atoms with Gasteiger partial charge < -0.3 is 21.7 Å². The van der Waals surface area contributed by atoms with Crippen LogP contribution in [0, 0.1) is 0 Å². The third-order valence-electron chi connectivity index (χ3n) is 4.69. The average molecular weight is 638 g/mol. The van der Waals surface area contributed by atoms with Crippen LogP contribution in [-0.2, 0) is 0 Å². The molecule has 0 radical (unpaired) electrons. The van der Waals surface area contributed by atoms with Crippen LogP contribution < -0.4 is 11.5 Å². The first-order valence-corrected chi connectivity index (χ1v) is 11.6. The molecule has 1 saturated carbocycles. The maximum absolute atomic E-state index is 10.4. The molecule has 28 heavy (non-hydrogen) atoms. The number of rotatable bonds is 2. The molecular formula is C20H18Br4N2O2. The molecule has 2 unspecified atom stereocenters. The van der Waals surface area contributed by atoms with Gasteiger partial charge in [0.2, 0.25) is 0 Å². The summed E-state index contributed by atoms with van der Waals surface area (Å²) in [5.74, 6) is 0.293. The summed E-state index contributed by atoms with van der Waals surface area (Å²) in [7, 11) is 0. The van der Waals surface area contributed by atoms with Gasteiger partial charge in [-0.15, -0.1) is 0 Å². The van der Waals surface area contributed by atoms with E-state index in [4.69, 9.17) is 11.5 Å². The molecule has 3 rings (SSSR count). The van der Waals surface area contributed by atoms with Crippen LogP contribution >= 0.6 is 63.7 Å². The Bertz CT molecular complexity index is 989. The molecule has 2 aromatic carbocycles. The fraction of sp³-hybridized carbons (Fsp3) is 0.200. The van der Waals surface area contributed by atoms with Gasteiger partial charge in [-0.2, -0.15) is 0 Å². The van der Waals surface area contributed by atoms with Gasteiger partial charge in [0.15, 0.2) is 0 Å². The van der Waals surface area contributed by atoms with Gasteiger partial charge in [0, 0.05) is 32.2 Å². The first-order chi connectivity index (χ1) is 13.2. The van der Waals surface area contributed by atoms with E-state index in [9.17, 15) is 10.2 Å². The summed E-state index contributed by atoms with van der Waals surface area (Å²) in [5.41, 5.74) is 15.8. The highest BCUT2D eigenvalue weighted by Gasteiger charge is 2.27. The van der Waals surface area contributed by atoms with Gasteiger partial charge >= 0.3 is 0 Å². The van der Waals surface area contributed by atoms with Crippen LogP contribution in [0.5, 0.6) is 11.5 Å². The SMILES string of the molecule is NC1CCC(=Cc2cc(Br)cc(Br)c2O)C(=Cc2cc(Br)cc(Br)c2O)C1N. The van der Waals surface area contributed by atoms with E-state index < -0.39 is 0 Å². The van der Waals surface area contributed by atoms with Crippen molar-refractivity contribution in [1.29, 1.82) is 0 Å². The molecule has 148 valence electrons. The molecule has 8 heteroatoms. The van der Waals surface area contributed by atoms with Crippen LogP contribution in [0.4, 0.5) is 0 Å². The molecule has 1 fully saturated rings. The van der Waals surface area contributed by atoms with Crippen LogP contribution in [-0.4, -0.2) is 22.3 Å². The highest BCUT2D eigenvalue weighted by atomic mass is 79.9. The highest BCUT2D eigenvalue weighted by molar-refractivity contribution is 9.11. The topological polar surface area (TPSA) is 92.5 Å². The minimum atomic E-state index is -0.380. The number of hydrogen-bond acceptors (Lipinski definition) is 4. The molecule has 0 aromatic heterocycles. The lowest BCUT2D eigenvalue weighted by Crippen LogP contribution is -2.45. The molecule has 0 heterocycles. The molecule has 6 N–H and O–H groups in total. The number of phenols is 2. The lowest BCUT2D eigenvalue weighted by molar-refractivity contribution is 0.469. The second kappa shape index (κ2) is 9.02. The van der Waals surface area contributed by atoms with Gasteiger partial charge in [-0.3, -0.25) is 0 Å². The molecule has 1 aliphatic carbocycles. The van der Waals surface area contributed by atoms with Gasteiger partial charge in [0.25, 0.3) is 0 Å². The minimum Gasteiger partial charge on any atom is -0.506 e. The van der Waals surface area contributed by atoms with Crippen molar-refractivity contribution in [2.75, 3.05) is 0 Å². The predicted molar refractivity (Wildman–Crippen MR) is 128 cm³/mol. The predicted octanol–water partition coefficient (Wildman–Crippen LogP) is 6.06. The quantitative estimate of drug-likeness (QED) is 0.322. The molecular weight excluding hydrogens is 620 g/mol. The van der Waals surface area contributed by atoms with Gasteiger partial charge in [0.05, 0.1) is 8.95 Å². The van der Waals surface area contributed by atoms with Crippen molar-refractivity contribution in [3.63, 3.8) is 0 Å². The zero-order chi connectivity index (χ0) is 20.6. The Kier molecular flexibility index (Phi) is 7.10. The molecule has 0 aliphatic heterocycles. The Balaban J connectivity index is 2.15. The van der Waals surface area contributed by atoms with E-state index in [1.54, 1.807) is 12.1 Å². The Labute approximate surface area is 197 Å². The highest BCUT2D eigenvalue weighted by Crippen LogP contribution is 2.39. The monoisotopic (exact) mass is 634 g/mol. The lowest BCUT2D eigenvalue weighted by Gasteiger charge is -2.31. The average Bonchev–Trinajstić information content (AvgIpc) is 2.62. The Morgan fingerprint density at radius 2 is 1.32 bits per heavy atom. The smallest absolute Gasteiger partial charge is 0.137 e. The summed E-state index contributed by atoms with van der Waals surface area (Å²) in [6, 6.07) is 6.67. The summed E-state index contributed by atoms with van der Waals surface area (Å²) in [5, 5.41) is 20.9. The van der Waals surface area contributed by atoms with Gasteiger partial charge in [-0.05, 0) is 92.3 Å². The minimum absolute atomic E-state index is 0.134. The maximum Gasteiger partial charge on any atom is 0.137 e. The van der Waals surface area contributed by atoms with Gasteiger partial charge in [-0.25, -0.2) is 0 Å². The first kappa shape index (κ1) is 22.1. The van der Waals surface area contributed by atoms with Crippen molar-refractivity contribution in [2.45, 2.75) is 24.9 Å². The van der Waals surface area contributed by atoms with Crippen molar-refractivity contribution >= 4 is 75.9 Å². The summed E-state index contributed by atoms with van der Waals surface area (Å²) in [4.78, 5) is 0. The number of phenolic OH excluding ortho intramolecular Hbond substituents is 2. The largest absolute Gasteiger partial charge is 0.506 e. The third kappa shape index (κ3) is 4.74. The molecule has 4 nitrogen and oxygen atoms in total. The lowest BCUT2D eigenvalue weighted by atomic mass is 9.81. The van der Waals surface area contributed by atoms with E-state index in [0.717, 1.165) is 32.9 Å². The van der Waals surface area contributed by atoms with Crippen molar-refractivity contribution in [3.05, 3.63) is 64.4 Å². The molecule has 2 atom stereocenters. The molecule has 0 amide bonds. The number of halogens is 4. The normalized spacial score (nSPS) is 22.8. The number of nitrogens with two attached hydrogens (primary N) is 2. The number of benzene rings is 2. The fourth-order valence-electron chi connectivity index (χ4n) is 3.18. The number of hydrogen-bond donors (Lipinski definition) is 4. The van der Waals surface area contributed by atoms with Crippen LogP contribution in [0.25, 0.3) is 12.2 Å². The van der Waals surface area contributed by atoms with E-state index in [0.29, 0.717) is 20.1 Å². The number of aromatic hydroxyl groups is 2. The van der Waals surface area contributed by atoms with Crippen LogP contribution in [0.15, 0.2) is 53.3 Å². The van der Waals surface area contributed by atoms with Crippen molar-refractivity contribution in [2.24, 2.45) is 11.5 Å². The zero-order valence-corrected chi connectivity index (χ0v) is 20.9. The zero-order valence-electron chi connectivity index (χ0n) is 14.6. The van der Waals surface area contributed by atoms with E-state index in [1.165, 1.54) is 0 Å². The maximum atomic E-state index is 10.4. The van der Waals surface area contributed by atoms with Crippen LogP contribution in [0.1, 0.15) is 24.0 Å². The third-order valence-corrected chi connectivity index (χ3v) is 6.82. The Morgan fingerprint density at radius 1 is 0.821 bits per heavy atom. The second-order valence-electron chi connectivity index (χ2n) is 6.65. The molecule has 1 aliphatic rings. The standard InChI is InChI=1S/C20H18Br4N2O2/c21-12-4-10(19(27)15(23)7-12)3-9-1-2-17(25)18(26)14(9)6-11-5-13(22)8-16(24)20(11)28/h3-8,17-18,27-28H,1-2,25-26H2. The van der Waals surface area contributed by atoms with E-state index in [2.05, 4.69) is 63.7 Å². The summed E-state index contributed by atoms with van der Waals surface area (Å²) in [6.45, 7) is 0. The Morgan fingerprint density at radius 3 is 1.86 bits per heavy atom. The van der Waals surface area contributed by atoms with Gasteiger partial charge in [0.1, 0.15) is 11.5 Å². The van der Waals surface area contributed by atoms with E-state index >= 15 is 0 Å². The van der Waals surface area contributed by atoms with Crippen molar-refractivity contribution < 1.29 is 10.2 Å². The molecule has 0 bridgehead atoms. The molecule has 0 spiro atoms. The molecule has 0 saturated heterocycles. The first-order valence-electron chi connectivity index (χ1n) is 8.47. The molecule has 2 aromatic rings. The van der Waals surface area contributed by atoms with E-state index in [-0.39, 0.29) is 23.6 Å². The summed E-state index contributed by atoms with van der Waals surface area (Å²) >= 11 is 13.6. The van der Waals surface area contributed by atoms with Crippen LogP contribution in [0.2, 0.25) is 0 Å². The summed E-state index contributed by atoms with van der Waals surface area (Å²) in [6.07, 6.45) is 5.26. The Hall–Kier alpha value is -0.640. The second-order valence-corrected chi connectivity index (χ2v) is 10.2. The van der Waals surface area contributed by atoms with Crippen molar-refractivity contribution in [1.82, 2.24) is 0 Å². The van der Waals surface area contributed by atoms with Crippen molar-refractivity contribution in [3.8, 4) is 11.5 Å². The fourth-order valence-corrected chi connectivity index (χ4v) is 5.70.